The number of carbonyl (C=O) groups is 4. The van der Waals surface area contributed by atoms with Gasteiger partial charge in [-0.25, -0.2) is 0 Å². The van der Waals surface area contributed by atoms with Crippen molar-refractivity contribution in [2.45, 2.75) is 116 Å². The van der Waals surface area contributed by atoms with Gasteiger partial charge in [-0.1, -0.05) is 84.4 Å². The summed E-state index contributed by atoms with van der Waals surface area (Å²) >= 11 is 0. The van der Waals surface area contributed by atoms with Gasteiger partial charge in [-0.05, 0) is 38.5 Å². The number of hydrogen-bond acceptors (Lipinski definition) is 8. The van der Waals surface area contributed by atoms with Gasteiger partial charge in [0.15, 0.2) is 0 Å². The molecule has 0 fully saturated rings. The second kappa shape index (κ2) is 27.2. The molecule has 0 rings (SSSR count). The third-order valence-electron chi connectivity index (χ3n) is 6.05. The van der Waals surface area contributed by atoms with Gasteiger partial charge < -0.3 is 20.1 Å². The van der Waals surface area contributed by atoms with E-state index in [1.807, 2.05) is 0 Å². The fraction of sp³-hybridized carbons (Fsp3) is 0.733. The number of allylic oxidation sites excluding steroid dienone is 2. The summed E-state index contributed by atoms with van der Waals surface area (Å²) in [5.74, 6) is 1.12. The molecule has 0 aliphatic rings. The first kappa shape index (κ1) is 38.1. The van der Waals surface area contributed by atoms with Crippen LogP contribution in [0.15, 0.2) is 24.3 Å². The largest absolute Gasteiger partial charge is 0.469 e. The predicted molar refractivity (Wildman–Crippen MR) is 167 cm³/mol. The monoisotopic (exact) mass is 600 g/mol. The van der Waals surface area contributed by atoms with Gasteiger partial charge in [0, 0.05) is 38.2 Å². The van der Waals surface area contributed by atoms with E-state index in [4.69, 9.17) is 0 Å². The minimum atomic E-state index is -0.141. The van der Waals surface area contributed by atoms with E-state index in [0.717, 1.165) is 88.6 Å². The molecule has 0 heterocycles. The number of methoxy groups -OCH3 is 2. The molecule has 0 spiro atoms. The molecule has 2 amide bonds. The average molecular weight is 601 g/mol. The van der Waals surface area contributed by atoms with E-state index in [0.29, 0.717) is 12.8 Å². The predicted octanol–water partition coefficient (Wildman–Crippen LogP) is 6.30. The molecule has 0 saturated carbocycles. The Bertz CT molecular complexity index is 698. The first-order valence-electron chi connectivity index (χ1n) is 14.5. The lowest BCUT2D eigenvalue weighted by molar-refractivity contribution is -0.141. The Morgan fingerprint density at radius 3 is 1.30 bits per heavy atom. The van der Waals surface area contributed by atoms with Crippen LogP contribution in [-0.4, -0.2) is 61.6 Å². The fourth-order valence-corrected chi connectivity index (χ4v) is 6.24. The van der Waals surface area contributed by atoms with E-state index >= 15 is 0 Å². The third kappa shape index (κ3) is 26.3. The standard InChI is InChI=1S/C30H52N2O6S2/c1-25(33)31-27(19-15-11-7-5-9-13-17-21-29(35)37-3)23-39-40-24-28(32-26(2)34)20-16-12-8-6-10-14-18-22-30(36)38-4/h15-16,19-20,27-28H,5-14,17-18,21-24H2,1-4H3,(H,31,33)(H,32,34). The lowest BCUT2D eigenvalue weighted by atomic mass is 10.1. The molecule has 0 aromatic heterocycles. The second-order valence-electron chi connectivity index (χ2n) is 9.80. The van der Waals surface area contributed by atoms with Gasteiger partial charge in [0.1, 0.15) is 0 Å². The summed E-state index contributed by atoms with van der Waals surface area (Å²) < 4.78 is 9.31. The zero-order valence-electron chi connectivity index (χ0n) is 25.0. The summed E-state index contributed by atoms with van der Waals surface area (Å²) in [5, 5.41) is 6.00. The highest BCUT2D eigenvalue weighted by Gasteiger charge is 2.10. The molecule has 10 heteroatoms. The first-order chi connectivity index (χ1) is 19.3. The molecule has 8 nitrogen and oxygen atoms in total. The van der Waals surface area contributed by atoms with Crippen molar-refractivity contribution in [3.05, 3.63) is 24.3 Å². The average Bonchev–Trinajstić information content (AvgIpc) is 2.91. The van der Waals surface area contributed by atoms with Gasteiger partial charge in [-0.2, -0.15) is 0 Å². The van der Waals surface area contributed by atoms with Crippen LogP contribution in [0.3, 0.4) is 0 Å². The Morgan fingerprint density at radius 1 is 0.600 bits per heavy atom. The van der Waals surface area contributed by atoms with E-state index in [-0.39, 0.29) is 35.8 Å². The zero-order valence-corrected chi connectivity index (χ0v) is 26.7. The molecule has 0 bridgehead atoms. The molecule has 0 saturated heterocycles. The molecular weight excluding hydrogens is 548 g/mol. The summed E-state index contributed by atoms with van der Waals surface area (Å²) in [4.78, 5) is 45.5. The van der Waals surface area contributed by atoms with Crippen LogP contribution in [0.2, 0.25) is 0 Å². The smallest absolute Gasteiger partial charge is 0.305 e. The molecule has 0 radical (unpaired) electrons. The highest BCUT2D eigenvalue weighted by molar-refractivity contribution is 8.76. The number of amides is 2. The lowest BCUT2D eigenvalue weighted by Gasteiger charge is -2.16. The summed E-state index contributed by atoms with van der Waals surface area (Å²) in [5.41, 5.74) is 0. The van der Waals surface area contributed by atoms with Crippen molar-refractivity contribution in [2.75, 3.05) is 25.7 Å². The molecule has 40 heavy (non-hydrogen) atoms. The van der Waals surface area contributed by atoms with E-state index in [1.54, 1.807) is 21.6 Å². The molecule has 0 aromatic carbocycles. The van der Waals surface area contributed by atoms with E-state index in [1.165, 1.54) is 28.1 Å². The molecule has 2 unspecified atom stereocenters. The van der Waals surface area contributed by atoms with E-state index < -0.39 is 0 Å². The van der Waals surface area contributed by atoms with Crippen LogP contribution in [-0.2, 0) is 28.7 Å². The normalized spacial score (nSPS) is 12.8. The number of carbonyl (C=O) groups excluding carboxylic acids is 4. The number of esters is 2. The quantitative estimate of drug-likeness (QED) is 0.0544. The molecule has 230 valence electrons. The van der Waals surface area contributed by atoms with Gasteiger partial charge in [-0.3, -0.25) is 19.2 Å². The SMILES string of the molecule is COC(=O)CCCCCCCC=CC(CSSCC(C=CCCCCCCCC(=O)OC)NC(C)=O)NC(C)=O. The number of unbranched alkanes of at least 4 members (excludes halogenated alkanes) is 10. The number of ether oxygens (including phenoxy) is 2. The van der Waals surface area contributed by atoms with Gasteiger partial charge in [0.2, 0.25) is 11.8 Å². The molecule has 0 aromatic rings. The van der Waals surface area contributed by atoms with Gasteiger partial charge in [-0.15, -0.1) is 0 Å². The third-order valence-corrected chi connectivity index (χ3v) is 8.52. The Kier molecular flexibility index (Phi) is 25.9. The minimum Gasteiger partial charge on any atom is -0.469 e. The van der Waals surface area contributed by atoms with Crippen molar-refractivity contribution in [1.29, 1.82) is 0 Å². The maximum atomic E-state index is 11.6. The highest BCUT2D eigenvalue weighted by atomic mass is 33.1. The summed E-state index contributed by atoms with van der Waals surface area (Å²) in [6, 6.07) is -0.0603. The number of hydrogen-bond donors (Lipinski definition) is 2. The van der Waals surface area contributed by atoms with E-state index in [2.05, 4.69) is 44.4 Å². The fourth-order valence-electron chi connectivity index (χ4n) is 3.90. The van der Waals surface area contributed by atoms with Crippen LogP contribution in [0.4, 0.5) is 0 Å². The summed E-state index contributed by atoms with van der Waals surface area (Å²) in [7, 11) is 6.23. The molecule has 2 N–H and O–H groups in total. The Labute approximate surface area is 250 Å². The van der Waals surface area contributed by atoms with Crippen LogP contribution in [0, 0.1) is 0 Å². The maximum Gasteiger partial charge on any atom is 0.305 e. The van der Waals surface area contributed by atoms with Crippen LogP contribution >= 0.6 is 21.6 Å². The van der Waals surface area contributed by atoms with Crippen molar-refractivity contribution >= 4 is 45.3 Å². The zero-order chi connectivity index (χ0) is 29.8. The van der Waals surface area contributed by atoms with Crippen LogP contribution in [0.1, 0.15) is 104 Å². The Balaban J connectivity index is 4.22. The topological polar surface area (TPSA) is 111 Å². The van der Waals surface area contributed by atoms with Crippen LogP contribution in [0.25, 0.3) is 0 Å². The van der Waals surface area contributed by atoms with Crippen molar-refractivity contribution in [3.8, 4) is 0 Å². The van der Waals surface area contributed by atoms with Gasteiger partial charge >= 0.3 is 11.9 Å². The molecular formula is C30H52N2O6S2. The first-order valence-corrected chi connectivity index (χ1v) is 17.0. The maximum absolute atomic E-state index is 11.6. The number of rotatable bonds is 25. The minimum absolute atomic E-state index is 0.0302. The Morgan fingerprint density at radius 2 is 0.950 bits per heavy atom. The van der Waals surface area contributed by atoms with E-state index in [9.17, 15) is 19.2 Å². The van der Waals surface area contributed by atoms with Crippen molar-refractivity contribution in [3.63, 3.8) is 0 Å². The van der Waals surface area contributed by atoms with Crippen molar-refractivity contribution in [1.82, 2.24) is 10.6 Å². The lowest BCUT2D eigenvalue weighted by Crippen LogP contribution is -2.34. The highest BCUT2D eigenvalue weighted by Crippen LogP contribution is 2.24. The summed E-state index contributed by atoms with van der Waals surface area (Å²) in [6.07, 6.45) is 21.8. The van der Waals surface area contributed by atoms with Crippen molar-refractivity contribution in [2.24, 2.45) is 0 Å². The van der Waals surface area contributed by atoms with Crippen LogP contribution in [0.5, 0.6) is 0 Å². The van der Waals surface area contributed by atoms with Crippen molar-refractivity contribution < 1.29 is 28.7 Å². The second-order valence-corrected chi connectivity index (χ2v) is 12.4. The Hall–Kier alpha value is -1.94. The molecule has 0 aliphatic carbocycles. The van der Waals surface area contributed by atoms with Gasteiger partial charge in [0.05, 0.1) is 26.3 Å². The molecule has 2 atom stereocenters. The van der Waals surface area contributed by atoms with Crippen LogP contribution < -0.4 is 10.6 Å². The number of nitrogens with one attached hydrogen (secondary N) is 2. The molecule has 0 aliphatic heterocycles. The van der Waals surface area contributed by atoms with Gasteiger partial charge in [0.25, 0.3) is 0 Å². The summed E-state index contributed by atoms with van der Waals surface area (Å²) in [6.45, 7) is 3.07.